The highest BCUT2D eigenvalue weighted by atomic mass is 16.6. The van der Waals surface area contributed by atoms with Gasteiger partial charge in [-0.15, -0.1) is 0 Å². The van der Waals surface area contributed by atoms with E-state index < -0.39 is 5.60 Å². The molecule has 28 heavy (non-hydrogen) atoms. The molecule has 2 saturated heterocycles. The maximum Gasteiger partial charge on any atom is 0.407 e. The van der Waals surface area contributed by atoms with Crippen molar-refractivity contribution in [3.8, 4) is 11.4 Å². The third-order valence-electron chi connectivity index (χ3n) is 5.28. The van der Waals surface area contributed by atoms with Crippen LogP contribution in [0, 0.1) is 0 Å². The summed E-state index contributed by atoms with van der Waals surface area (Å²) < 4.78 is 10.7. The predicted molar refractivity (Wildman–Crippen MR) is 98.1 cm³/mol. The second-order valence-electron chi connectivity index (χ2n) is 7.27. The van der Waals surface area contributed by atoms with Crippen LogP contribution in [0.1, 0.15) is 38.0 Å². The molecule has 1 atom stereocenters. The van der Waals surface area contributed by atoms with Gasteiger partial charge in [0.1, 0.15) is 5.60 Å². The Hall–Kier alpha value is -2.97. The fourth-order valence-corrected chi connectivity index (χ4v) is 3.72. The zero-order chi connectivity index (χ0) is 19.4. The number of aryl methyl sites for hydroxylation is 1. The molecule has 4 heterocycles. The fraction of sp³-hybridized carbons (Fsp3) is 0.526. The Morgan fingerprint density at radius 1 is 1.32 bits per heavy atom. The number of nitrogens with zero attached hydrogens (tertiary/aromatic N) is 4. The van der Waals surface area contributed by atoms with Gasteiger partial charge in [0.15, 0.2) is 0 Å². The van der Waals surface area contributed by atoms with E-state index in [-0.39, 0.29) is 12.0 Å². The SMILES string of the molecule is O=C1NC[C@@]2(CCCN(C(=O)CCCc3nc(-c4cccnc4)no3)CC2)O1. The number of carbonyl (C=O) groups is 2. The van der Waals surface area contributed by atoms with Crippen LogP contribution in [-0.2, 0) is 16.0 Å². The second kappa shape index (κ2) is 7.95. The molecule has 2 amide bonds. The Labute approximate surface area is 162 Å². The first-order valence-corrected chi connectivity index (χ1v) is 9.61. The fourth-order valence-electron chi connectivity index (χ4n) is 3.72. The number of amides is 2. The summed E-state index contributed by atoms with van der Waals surface area (Å²) >= 11 is 0. The standard InChI is InChI=1S/C19H23N5O4/c25-16(24-10-3-7-19(8-11-24)13-21-18(26)27-19)6-1-5-15-22-17(23-28-15)14-4-2-9-20-12-14/h2,4,9,12H,1,3,5-8,10-11,13H2,(H,21,26)/t19-/m0/s1. The van der Waals surface area contributed by atoms with E-state index in [1.165, 1.54) is 0 Å². The number of nitrogens with one attached hydrogen (secondary N) is 1. The monoisotopic (exact) mass is 385 g/mol. The van der Waals surface area contributed by atoms with Gasteiger partial charge in [-0.25, -0.2) is 4.79 Å². The Morgan fingerprint density at radius 3 is 3.04 bits per heavy atom. The van der Waals surface area contributed by atoms with E-state index in [1.54, 1.807) is 12.4 Å². The van der Waals surface area contributed by atoms with E-state index >= 15 is 0 Å². The molecule has 0 aliphatic carbocycles. The van der Waals surface area contributed by atoms with Crippen molar-refractivity contribution in [2.24, 2.45) is 0 Å². The number of alkyl carbamates (subject to hydrolysis) is 1. The molecular weight excluding hydrogens is 362 g/mol. The van der Waals surface area contributed by atoms with Crippen molar-refractivity contribution in [2.45, 2.75) is 44.1 Å². The normalized spacial score (nSPS) is 22.0. The molecule has 0 radical (unpaired) electrons. The summed E-state index contributed by atoms with van der Waals surface area (Å²) in [5.74, 6) is 1.14. The predicted octanol–water partition coefficient (Wildman–Crippen LogP) is 1.95. The molecule has 9 nitrogen and oxygen atoms in total. The third kappa shape index (κ3) is 4.13. The largest absolute Gasteiger partial charge is 0.441 e. The molecule has 2 fully saturated rings. The summed E-state index contributed by atoms with van der Waals surface area (Å²) in [6.07, 6.45) is 6.93. The van der Waals surface area contributed by atoms with Crippen molar-refractivity contribution in [3.63, 3.8) is 0 Å². The summed E-state index contributed by atoms with van der Waals surface area (Å²) in [4.78, 5) is 34.2. The molecule has 0 aromatic carbocycles. The third-order valence-corrected chi connectivity index (χ3v) is 5.28. The molecule has 2 aliphatic heterocycles. The molecule has 2 aliphatic rings. The Kier molecular flexibility index (Phi) is 5.23. The maximum absolute atomic E-state index is 12.6. The highest BCUT2D eigenvalue weighted by Crippen LogP contribution is 2.29. The molecule has 4 rings (SSSR count). The van der Waals surface area contributed by atoms with E-state index in [4.69, 9.17) is 9.26 Å². The minimum Gasteiger partial charge on any atom is -0.441 e. The van der Waals surface area contributed by atoms with Crippen molar-refractivity contribution >= 4 is 12.0 Å². The minimum absolute atomic E-state index is 0.112. The van der Waals surface area contributed by atoms with Crippen LogP contribution in [0.3, 0.4) is 0 Å². The van der Waals surface area contributed by atoms with Gasteiger partial charge in [0.25, 0.3) is 0 Å². The van der Waals surface area contributed by atoms with Crippen molar-refractivity contribution in [3.05, 3.63) is 30.4 Å². The van der Waals surface area contributed by atoms with Crippen molar-refractivity contribution in [1.82, 2.24) is 25.3 Å². The maximum atomic E-state index is 12.6. The zero-order valence-corrected chi connectivity index (χ0v) is 15.6. The first-order valence-electron chi connectivity index (χ1n) is 9.61. The Bertz CT molecular complexity index is 840. The molecule has 2 aromatic rings. The minimum atomic E-state index is -0.446. The number of likely N-dealkylation sites (tertiary alicyclic amines) is 1. The topological polar surface area (TPSA) is 110 Å². The van der Waals surface area contributed by atoms with Gasteiger partial charge < -0.3 is 19.5 Å². The Morgan fingerprint density at radius 2 is 2.25 bits per heavy atom. The van der Waals surface area contributed by atoms with Gasteiger partial charge in [-0.3, -0.25) is 9.78 Å². The van der Waals surface area contributed by atoms with Crippen LogP contribution in [-0.4, -0.2) is 57.3 Å². The van der Waals surface area contributed by atoms with Crippen LogP contribution in [0.15, 0.2) is 29.0 Å². The highest BCUT2D eigenvalue weighted by molar-refractivity contribution is 5.76. The number of ether oxygens (including phenoxy) is 1. The molecule has 0 saturated carbocycles. The molecule has 9 heteroatoms. The van der Waals surface area contributed by atoms with Crippen LogP contribution in [0.5, 0.6) is 0 Å². The van der Waals surface area contributed by atoms with Gasteiger partial charge in [-0.1, -0.05) is 5.16 Å². The van der Waals surface area contributed by atoms with Gasteiger partial charge in [-0.2, -0.15) is 4.98 Å². The molecule has 0 unspecified atom stereocenters. The number of rotatable bonds is 5. The molecule has 1 N–H and O–H groups in total. The molecule has 148 valence electrons. The lowest BCUT2D eigenvalue weighted by molar-refractivity contribution is -0.131. The van der Waals surface area contributed by atoms with Gasteiger partial charge in [0.05, 0.1) is 6.54 Å². The highest BCUT2D eigenvalue weighted by Gasteiger charge is 2.41. The quantitative estimate of drug-likeness (QED) is 0.837. The lowest BCUT2D eigenvalue weighted by Crippen LogP contribution is -2.36. The summed E-state index contributed by atoms with van der Waals surface area (Å²) in [6, 6.07) is 3.69. The average Bonchev–Trinajstić information content (AvgIpc) is 3.26. The van der Waals surface area contributed by atoms with Crippen LogP contribution < -0.4 is 5.32 Å². The first kappa shape index (κ1) is 18.4. The van der Waals surface area contributed by atoms with Crippen molar-refractivity contribution in [1.29, 1.82) is 0 Å². The number of aromatic nitrogens is 3. The van der Waals surface area contributed by atoms with Crippen LogP contribution in [0.4, 0.5) is 4.79 Å². The summed E-state index contributed by atoms with van der Waals surface area (Å²) in [5, 5.41) is 6.69. The molecule has 2 aromatic heterocycles. The van der Waals surface area contributed by atoms with Crippen LogP contribution in [0.25, 0.3) is 11.4 Å². The van der Waals surface area contributed by atoms with E-state index in [0.717, 1.165) is 18.4 Å². The van der Waals surface area contributed by atoms with E-state index in [2.05, 4.69) is 20.4 Å². The summed E-state index contributed by atoms with van der Waals surface area (Å²) in [7, 11) is 0. The van der Waals surface area contributed by atoms with E-state index in [9.17, 15) is 9.59 Å². The van der Waals surface area contributed by atoms with Gasteiger partial charge in [0.2, 0.25) is 17.6 Å². The van der Waals surface area contributed by atoms with E-state index in [0.29, 0.717) is 57.0 Å². The zero-order valence-electron chi connectivity index (χ0n) is 15.6. The van der Waals surface area contributed by atoms with Crippen LogP contribution >= 0.6 is 0 Å². The lowest BCUT2D eigenvalue weighted by atomic mass is 9.95. The second-order valence-corrected chi connectivity index (χ2v) is 7.27. The number of hydrogen-bond acceptors (Lipinski definition) is 7. The van der Waals surface area contributed by atoms with Crippen molar-refractivity contribution in [2.75, 3.05) is 19.6 Å². The molecule has 0 bridgehead atoms. The number of carbonyl (C=O) groups excluding carboxylic acids is 2. The lowest BCUT2D eigenvalue weighted by Gasteiger charge is -2.25. The smallest absolute Gasteiger partial charge is 0.407 e. The molecular formula is C19H23N5O4. The summed E-state index contributed by atoms with van der Waals surface area (Å²) in [5.41, 5.74) is 0.354. The van der Waals surface area contributed by atoms with Gasteiger partial charge in [-0.05, 0) is 31.4 Å². The Balaban J connectivity index is 1.25. The summed E-state index contributed by atoms with van der Waals surface area (Å²) in [6.45, 7) is 1.84. The number of hydrogen-bond donors (Lipinski definition) is 1. The van der Waals surface area contributed by atoms with Gasteiger partial charge in [0, 0.05) is 50.3 Å². The molecule has 1 spiro atoms. The van der Waals surface area contributed by atoms with Crippen LogP contribution in [0.2, 0.25) is 0 Å². The van der Waals surface area contributed by atoms with E-state index in [1.807, 2.05) is 17.0 Å². The first-order chi connectivity index (χ1) is 13.6. The average molecular weight is 385 g/mol. The van der Waals surface area contributed by atoms with Gasteiger partial charge >= 0.3 is 6.09 Å². The number of pyridine rings is 1. The van der Waals surface area contributed by atoms with Crippen molar-refractivity contribution < 1.29 is 18.8 Å².